The molecule has 1 aliphatic heterocycles. The average Bonchev–Trinajstić information content (AvgIpc) is 3.61. The van der Waals surface area contributed by atoms with Crippen molar-refractivity contribution in [2.24, 2.45) is 5.41 Å². The third-order valence-electron chi connectivity index (χ3n) is 8.85. The van der Waals surface area contributed by atoms with Crippen molar-refractivity contribution in [3.8, 4) is 6.07 Å². The highest BCUT2D eigenvalue weighted by atomic mass is 35.5. The molecule has 0 aliphatic carbocycles. The second-order valence-electron chi connectivity index (χ2n) is 13.8. The van der Waals surface area contributed by atoms with Crippen LogP contribution in [0.25, 0.3) is 11.0 Å². The minimum absolute atomic E-state index is 0.0178. The van der Waals surface area contributed by atoms with Gasteiger partial charge in [-0.1, -0.05) is 38.4 Å². The summed E-state index contributed by atoms with van der Waals surface area (Å²) in [4.78, 5) is 47.2. The maximum absolute atomic E-state index is 13.7. The van der Waals surface area contributed by atoms with E-state index in [4.69, 9.17) is 21.3 Å². The largest absolute Gasteiger partial charge is 0.465 e. The summed E-state index contributed by atoms with van der Waals surface area (Å²) >= 11 is 6.04. The molecule has 1 aliphatic rings. The third kappa shape index (κ3) is 8.54. The van der Waals surface area contributed by atoms with Gasteiger partial charge in [0, 0.05) is 42.9 Å². The molecule has 1 aromatic heterocycles. The van der Waals surface area contributed by atoms with Crippen molar-refractivity contribution in [1.29, 1.82) is 5.26 Å². The second kappa shape index (κ2) is 14.8. The van der Waals surface area contributed by atoms with Gasteiger partial charge in [0.2, 0.25) is 5.95 Å². The number of amides is 3. The molecular weight excluding hydrogens is 632 g/mol. The predicted molar refractivity (Wildman–Crippen MR) is 186 cm³/mol. The van der Waals surface area contributed by atoms with E-state index in [0.29, 0.717) is 47.7 Å². The first-order chi connectivity index (χ1) is 22.5. The fourth-order valence-electron chi connectivity index (χ4n) is 5.92. The van der Waals surface area contributed by atoms with Crippen molar-refractivity contribution in [2.75, 3.05) is 18.5 Å². The molecule has 2 N–H and O–H groups in total. The van der Waals surface area contributed by atoms with Crippen molar-refractivity contribution in [3.63, 3.8) is 0 Å². The van der Waals surface area contributed by atoms with Crippen LogP contribution in [0.5, 0.6) is 0 Å². The number of rotatable bonds is 11. The minimum Gasteiger partial charge on any atom is -0.465 e. The fraction of sp³-hybridized carbons (Fsp3) is 0.472. The number of nitriles is 1. The Morgan fingerprint density at radius 2 is 1.88 bits per heavy atom. The summed E-state index contributed by atoms with van der Waals surface area (Å²) in [5, 5.41) is 23.4. The maximum atomic E-state index is 13.7. The molecule has 2 aromatic carbocycles. The fourth-order valence-corrected chi connectivity index (χ4v) is 6.05. The first kappa shape index (κ1) is 36.4. The molecule has 256 valence electrons. The molecule has 0 radical (unpaired) electrons. The van der Waals surface area contributed by atoms with E-state index >= 15 is 0 Å². The minimum atomic E-state index is -1.01. The lowest BCUT2D eigenvalue weighted by Crippen LogP contribution is -2.44. The molecular formula is C36H45ClN6O5. The molecule has 4 rings (SSSR count). The summed E-state index contributed by atoms with van der Waals surface area (Å²) in [7, 11) is 0. The SMILES string of the molecule is CCOC(C)(C)C=C(C#N)C(=O)N1CCCC1Cn1c(NC(=O)c2ccc(Cl)cc2)nc2cc(CN(C(=O)O)C(C)C(C)(C)C)ccc21. The zero-order valence-corrected chi connectivity index (χ0v) is 29.5. The molecule has 2 heterocycles. The molecule has 12 heteroatoms. The van der Waals surface area contributed by atoms with Gasteiger partial charge in [-0.2, -0.15) is 5.26 Å². The number of benzene rings is 2. The van der Waals surface area contributed by atoms with Gasteiger partial charge in [0.1, 0.15) is 11.6 Å². The highest BCUT2D eigenvalue weighted by molar-refractivity contribution is 6.30. The summed E-state index contributed by atoms with van der Waals surface area (Å²) in [5.41, 5.74) is 1.38. The Labute approximate surface area is 287 Å². The normalized spacial score (nSPS) is 16.1. The smallest absolute Gasteiger partial charge is 0.407 e. The van der Waals surface area contributed by atoms with E-state index < -0.39 is 11.7 Å². The van der Waals surface area contributed by atoms with Crippen LogP contribution in [0.1, 0.15) is 77.2 Å². The Bertz CT molecular complexity index is 1730. The Morgan fingerprint density at radius 3 is 2.48 bits per heavy atom. The van der Waals surface area contributed by atoms with Crippen LogP contribution in [0, 0.1) is 16.7 Å². The predicted octanol–water partition coefficient (Wildman–Crippen LogP) is 7.11. The van der Waals surface area contributed by atoms with Crippen molar-refractivity contribution in [3.05, 3.63) is 70.3 Å². The number of fused-ring (bicyclic) bond motifs is 1. The number of carbonyl (C=O) groups excluding carboxylic acids is 2. The molecule has 0 spiro atoms. The highest BCUT2D eigenvalue weighted by Gasteiger charge is 2.34. The summed E-state index contributed by atoms with van der Waals surface area (Å²) < 4.78 is 7.58. The number of ether oxygens (including phenoxy) is 1. The Hall–Kier alpha value is -4.40. The average molecular weight is 677 g/mol. The lowest BCUT2D eigenvalue weighted by Gasteiger charge is -2.36. The molecule has 1 fully saturated rings. The van der Waals surface area contributed by atoms with E-state index in [1.54, 1.807) is 35.2 Å². The standard InChI is InChI=1S/C36H45ClN6O5/c1-8-48-36(6,7)19-26(20-38)32(45)41-17-9-10-28(41)22-43-30-16-11-24(21-42(34(46)47)23(2)35(3,4)5)18-29(30)39-33(43)40-31(44)25-12-14-27(37)15-13-25/h11-16,18-19,23,28H,8-10,17,21-22H2,1-7H3,(H,46,47)(H,39,40,44). The van der Waals surface area contributed by atoms with E-state index in [9.17, 15) is 24.8 Å². The Kier molecular flexibility index (Phi) is 11.2. The number of hydrogen-bond donors (Lipinski definition) is 2. The number of imidazole rings is 1. The Morgan fingerprint density at radius 1 is 1.19 bits per heavy atom. The quantitative estimate of drug-likeness (QED) is 0.163. The van der Waals surface area contributed by atoms with Crippen LogP contribution >= 0.6 is 11.6 Å². The number of anilines is 1. The van der Waals surface area contributed by atoms with Crippen LogP contribution in [0.15, 0.2) is 54.1 Å². The number of carbonyl (C=O) groups is 3. The van der Waals surface area contributed by atoms with Crippen LogP contribution < -0.4 is 5.32 Å². The maximum Gasteiger partial charge on any atom is 0.407 e. The first-order valence-corrected chi connectivity index (χ1v) is 16.6. The van der Waals surface area contributed by atoms with Gasteiger partial charge in [-0.05, 0) is 94.0 Å². The van der Waals surface area contributed by atoms with Crippen LogP contribution in [0.3, 0.4) is 0 Å². The number of nitrogens with zero attached hydrogens (tertiary/aromatic N) is 5. The van der Waals surface area contributed by atoms with E-state index in [0.717, 1.165) is 12.0 Å². The van der Waals surface area contributed by atoms with Crippen molar-refractivity contribution >= 4 is 46.5 Å². The molecule has 3 amide bonds. The molecule has 0 saturated carbocycles. The van der Waals surface area contributed by atoms with Crippen molar-refractivity contribution in [2.45, 2.75) is 92.1 Å². The van der Waals surface area contributed by atoms with Gasteiger partial charge < -0.3 is 24.2 Å². The van der Waals surface area contributed by atoms with E-state index in [2.05, 4.69) is 11.4 Å². The van der Waals surface area contributed by atoms with Gasteiger partial charge in [0.05, 0.1) is 22.7 Å². The molecule has 48 heavy (non-hydrogen) atoms. The van der Waals surface area contributed by atoms with Gasteiger partial charge in [-0.3, -0.25) is 14.9 Å². The molecule has 2 atom stereocenters. The summed E-state index contributed by atoms with van der Waals surface area (Å²) in [6.07, 6.45) is 2.01. The van der Waals surface area contributed by atoms with Gasteiger partial charge in [0.25, 0.3) is 11.8 Å². The lowest BCUT2D eigenvalue weighted by molar-refractivity contribution is -0.127. The second-order valence-corrected chi connectivity index (χ2v) is 14.2. The summed E-state index contributed by atoms with van der Waals surface area (Å²) in [5.74, 6) is -0.465. The lowest BCUT2D eigenvalue weighted by atomic mass is 9.87. The van der Waals surface area contributed by atoms with Gasteiger partial charge in [-0.25, -0.2) is 9.78 Å². The first-order valence-electron chi connectivity index (χ1n) is 16.2. The zero-order chi connectivity index (χ0) is 35.4. The van der Waals surface area contributed by atoms with Crippen LogP contribution in [0.4, 0.5) is 10.7 Å². The number of likely N-dealkylation sites (tertiary alicyclic amines) is 1. The zero-order valence-electron chi connectivity index (χ0n) is 28.7. The third-order valence-corrected chi connectivity index (χ3v) is 9.11. The molecule has 3 aromatic rings. The number of aromatic nitrogens is 2. The highest BCUT2D eigenvalue weighted by Crippen LogP contribution is 2.30. The molecule has 0 bridgehead atoms. The van der Waals surface area contributed by atoms with Crippen molar-refractivity contribution in [1.82, 2.24) is 19.4 Å². The summed E-state index contributed by atoms with van der Waals surface area (Å²) in [6.45, 7) is 14.8. The van der Waals surface area contributed by atoms with Gasteiger partial charge in [-0.15, -0.1) is 0 Å². The van der Waals surface area contributed by atoms with E-state index in [1.807, 2.05) is 71.2 Å². The molecule has 11 nitrogen and oxygen atoms in total. The van der Waals surface area contributed by atoms with Gasteiger partial charge in [0.15, 0.2) is 0 Å². The van der Waals surface area contributed by atoms with Crippen molar-refractivity contribution < 1.29 is 24.2 Å². The summed E-state index contributed by atoms with van der Waals surface area (Å²) in [6, 6.07) is 13.6. The topological polar surface area (TPSA) is 141 Å². The van der Waals surface area contributed by atoms with E-state index in [-0.39, 0.29) is 47.4 Å². The monoisotopic (exact) mass is 676 g/mol. The van der Waals surface area contributed by atoms with Gasteiger partial charge >= 0.3 is 6.09 Å². The number of halogens is 1. The van der Waals surface area contributed by atoms with E-state index in [1.165, 1.54) is 4.90 Å². The van der Waals surface area contributed by atoms with Crippen LogP contribution in [0.2, 0.25) is 5.02 Å². The van der Waals surface area contributed by atoms with Crippen LogP contribution in [-0.2, 0) is 22.6 Å². The number of nitrogens with one attached hydrogen (secondary N) is 1. The van der Waals surface area contributed by atoms with Crippen LogP contribution in [-0.4, -0.2) is 73.2 Å². The molecule has 2 unspecified atom stereocenters. The molecule has 1 saturated heterocycles. The number of carboxylic acid groups (broad SMARTS) is 1. The Balaban J connectivity index is 1.71. The number of hydrogen-bond acceptors (Lipinski definition) is 6.